The second-order valence-corrected chi connectivity index (χ2v) is 5.76. The third-order valence-corrected chi connectivity index (χ3v) is 3.39. The van der Waals surface area contributed by atoms with Crippen LogP contribution in [0.3, 0.4) is 0 Å². The van der Waals surface area contributed by atoms with Crippen LogP contribution in [-0.2, 0) is 13.0 Å². The number of guanidine groups is 1. The van der Waals surface area contributed by atoms with Crippen molar-refractivity contribution in [1.82, 2.24) is 15.6 Å². The highest BCUT2D eigenvalue weighted by Gasteiger charge is 2.01. The lowest BCUT2D eigenvalue weighted by Crippen LogP contribution is -2.37. The predicted octanol–water partition coefficient (Wildman–Crippen LogP) is 3.39. The maximum atomic E-state index is 5.54. The Kier molecular flexibility index (Phi) is 9.91. The Morgan fingerprint density at radius 3 is 2.44 bits per heavy atom. The van der Waals surface area contributed by atoms with Crippen LogP contribution in [0.15, 0.2) is 53.7 Å². The molecule has 0 aliphatic heterocycles. The van der Waals surface area contributed by atoms with Gasteiger partial charge in [-0.3, -0.25) is 4.99 Å². The fourth-order valence-electron chi connectivity index (χ4n) is 2.20. The highest BCUT2D eigenvalue weighted by molar-refractivity contribution is 14.0. The Morgan fingerprint density at radius 1 is 1.08 bits per heavy atom. The normalized spacial score (nSPS) is 11.0. The van der Waals surface area contributed by atoms with Crippen LogP contribution in [-0.4, -0.2) is 30.6 Å². The zero-order valence-corrected chi connectivity index (χ0v) is 17.4. The Bertz CT molecular complexity index is 630. The number of rotatable bonds is 7. The molecule has 2 aromatic rings. The largest absolute Gasteiger partial charge is 0.475 e. The van der Waals surface area contributed by atoms with Gasteiger partial charge in [-0.05, 0) is 31.4 Å². The topological polar surface area (TPSA) is 58.5 Å². The van der Waals surface area contributed by atoms with Crippen LogP contribution >= 0.6 is 24.0 Å². The third-order valence-electron chi connectivity index (χ3n) is 3.39. The minimum absolute atomic E-state index is 0. The molecule has 0 amide bonds. The van der Waals surface area contributed by atoms with Crippen LogP contribution in [0.5, 0.6) is 5.88 Å². The zero-order valence-electron chi connectivity index (χ0n) is 15.0. The van der Waals surface area contributed by atoms with Crippen molar-refractivity contribution in [1.29, 1.82) is 0 Å². The fraction of sp³-hybridized carbons (Fsp3) is 0.368. The summed E-state index contributed by atoms with van der Waals surface area (Å²) >= 11 is 0. The quantitative estimate of drug-likeness (QED) is 0.383. The minimum Gasteiger partial charge on any atom is -0.475 e. The molecule has 0 aliphatic carbocycles. The van der Waals surface area contributed by atoms with Gasteiger partial charge in [0, 0.05) is 32.4 Å². The SMILES string of the molecule is CN=C(NCCc1ccccc1)NCc1ccc(OC(C)C)nc1.I. The molecule has 6 heteroatoms. The summed E-state index contributed by atoms with van der Waals surface area (Å²) in [6.45, 7) is 5.48. The number of pyridine rings is 1. The molecular weight excluding hydrogens is 427 g/mol. The van der Waals surface area contributed by atoms with Gasteiger partial charge < -0.3 is 15.4 Å². The fourth-order valence-corrected chi connectivity index (χ4v) is 2.20. The summed E-state index contributed by atoms with van der Waals surface area (Å²) < 4.78 is 5.54. The average Bonchev–Trinajstić information content (AvgIpc) is 2.59. The van der Waals surface area contributed by atoms with Crippen LogP contribution in [0.4, 0.5) is 0 Å². The molecule has 1 heterocycles. The van der Waals surface area contributed by atoms with E-state index in [9.17, 15) is 0 Å². The van der Waals surface area contributed by atoms with E-state index in [1.807, 2.05) is 38.2 Å². The molecule has 1 aromatic carbocycles. The van der Waals surface area contributed by atoms with Gasteiger partial charge in [0.1, 0.15) is 0 Å². The molecule has 2 N–H and O–H groups in total. The van der Waals surface area contributed by atoms with Gasteiger partial charge in [0.25, 0.3) is 0 Å². The van der Waals surface area contributed by atoms with Crippen molar-refractivity contribution in [2.45, 2.75) is 32.9 Å². The van der Waals surface area contributed by atoms with E-state index in [-0.39, 0.29) is 30.1 Å². The maximum absolute atomic E-state index is 5.54. The number of hydrogen-bond donors (Lipinski definition) is 2. The summed E-state index contributed by atoms with van der Waals surface area (Å²) in [5, 5.41) is 6.61. The first-order chi connectivity index (χ1) is 11.7. The summed E-state index contributed by atoms with van der Waals surface area (Å²) in [5.41, 5.74) is 2.39. The van der Waals surface area contributed by atoms with E-state index in [0.29, 0.717) is 12.4 Å². The number of hydrogen-bond acceptors (Lipinski definition) is 3. The molecule has 25 heavy (non-hydrogen) atoms. The standard InChI is InChI=1S/C19H26N4O.HI/c1-15(2)24-18-10-9-17(13-22-18)14-23-19(20-3)21-12-11-16-7-5-4-6-8-16;/h4-10,13,15H,11-12,14H2,1-3H3,(H2,20,21,23);1H. The van der Waals surface area contributed by atoms with Crippen molar-refractivity contribution in [3.8, 4) is 5.88 Å². The van der Waals surface area contributed by atoms with Crippen molar-refractivity contribution >= 4 is 29.9 Å². The minimum atomic E-state index is 0. The summed E-state index contributed by atoms with van der Waals surface area (Å²) in [5.74, 6) is 1.44. The molecule has 0 radical (unpaired) electrons. The molecule has 0 saturated carbocycles. The van der Waals surface area contributed by atoms with Crippen LogP contribution in [0.25, 0.3) is 0 Å². The van der Waals surface area contributed by atoms with Gasteiger partial charge in [0.2, 0.25) is 5.88 Å². The van der Waals surface area contributed by atoms with Crippen LogP contribution in [0.1, 0.15) is 25.0 Å². The molecule has 136 valence electrons. The first kappa shape index (κ1) is 21.2. The van der Waals surface area contributed by atoms with Crippen LogP contribution < -0.4 is 15.4 Å². The number of ether oxygens (including phenoxy) is 1. The van der Waals surface area contributed by atoms with Gasteiger partial charge in [-0.2, -0.15) is 0 Å². The Morgan fingerprint density at radius 2 is 1.84 bits per heavy atom. The smallest absolute Gasteiger partial charge is 0.213 e. The Labute approximate surface area is 167 Å². The number of halogens is 1. The second-order valence-electron chi connectivity index (χ2n) is 5.76. The molecule has 0 spiro atoms. The summed E-state index contributed by atoms with van der Waals surface area (Å²) in [7, 11) is 1.77. The zero-order chi connectivity index (χ0) is 17.2. The van der Waals surface area contributed by atoms with Crippen molar-refractivity contribution in [3.05, 3.63) is 59.8 Å². The number of benzene rings is 1. The number of aromatic nitrogens is 1. The van der Waals surface area contributed by atoms with Crippen molar-refractivity contribution in [2.75, 3.05) is 13.6 Å². The summed E-state index contributed by atoms with van der Waals surface area (Å²) in [6, 6.07) is 14.3. The molecule has 0 aliphatic rings. The van der Waals surface area contributed by atoms with Crippen molar-refractivity contribution in [2.24, 2.45) is 4.99 Å². The van der Waals surface area contributed by atoms with E-state index >= 15 is 0 Å². The van der Waals surface area contributed by atoms with E-state index in [1.54, 1.807) is 7.05 Å². The van der Waals surface area contributed by atoms with E-state index in [2.05, 4.69) is 44.9 Å². The molecule has 5 nitrogen and oxygen atoms in total. The molecule has 0 fully saturated rings. The number of nitrogens with one attached hydrogen (secondary N) is 2. The molecular formula is C19H27IN4O. The Balaban J connectivity index is 0.00000312. The lowest BCUT2D eigenvalue weighted by molar-refractivity contribution is 0.232. The second kappa shape index (κ2) is 11.7. The monoisotopic (exact) mass is 454 g/mol. The molecule has 0 saturated heterocycles. The van der Waals surface area contributed by atoms with Crippen molar-refractivity contribution < 1.29 is 4.74 Å². The molecule has 1 aromatic heterocycles. The number of nitrogens with zero attached hydrogens (tertiary/aromatic N) is 2. The summed E-state index contributed by atoms with van der Waals surface area (Å²) in [4.78, 5) is 8.54. The average molecular weight is 454 g/mol. The third kappa shape index (κ3) is 8.20. The first-order valence-electron chi connectivity index (χ1n) is 8.27. The summed E-state index contributed by atoms with van der Waals surface area (Å²) in [6.07, 6.45) is 2.92. The Hall–Kier alpha value is -1.83. The molecule has 0 unspecified atom stereocenters. The van der Waals surface area contributed by atoms with E-state index in [0.717, 1.165) is 24.5 Å². The predicted molar refractivity (Wildman–Crippen MR) is 114 cm³/mol. The van der Waals surface area contributed by atoms with Crippen molar-refractivity contribution in [3.63, 3.8) is 0 Å². The van der Waals surface area contributed by atoms with Gasteiger partial charge >= 0.3 is 0 Å². The van der Waals surface area contributed by atoms with Gasteiger partial charge in [-0.15, -0.1) is 24.0 Å². The molecule has 0 atom stereocenters. The van der Waals surface area contributed by atoms with Gasteiger partial charge in [0.15, 0.2) is 5.96 Å². The highest BCUT2D eigenvalue weighted by atomic mass is 127. The van der Waals surface area contributed by atoms with Crippen LogP contribution in [0, 0.1) is 0 Å². The van der Waals surface area contributed by atoms with E-state index < -0.39 is 0 Å². The lowest BCUT2D eigenvalue weighted by Gasteiger charge is -2.12. The van der Waals surface area contributed by atoms with Gasteiger partial charge in [-0.1, -0.05) is 36.4 Å². The lowest BCUT2D eigenvalue weighted by atomic mass is 10.1. The van der Waals surface area contributed by atoms with E-state index in [4.69, 9.17) is 4.74 Å². The van der Waals surface area contributed by atoms with Gasteiger partial charge in [-0.25, -0.2) is 4.98 Å². The van der Waals surface area contributed by atoms with E-state index in [1.165, 1.54) is 5.56 Å². The van der Waals surface area contributed by atoms with Gasteiger partial charge in [0.05, 0.1) is 6.10 Å². The first-order valence-corrected chi connectivity index (χ1v) is 8.27. The van der Waals surface area contributed by atoms with Crippen LogP contribution in [0.2, 0.25) is 0 Å². The molecule has 2 rings (SSSR count). The maximum Gasteiger partial charge on any atom is 0.213 e. The highest BCUT2D eigenvalue weighted by Crippen LogP contribution is 2.09. The molecule has 0 bridgehead atoms. The number of aliphatic imine (C=N–C) groups is 1.